The van der Waals surface area contributed by atoms with E-state index in [0.29, 0.717) is 0 Å². The van der Waals surface area contributed by atoms with Gasteiger partial charge in [0.25, 0.3) is 0 Å². The van der Waals surface area contributed by atoms with E-state index in [1.807, 2.05) is 0 Å². The second-order valence-electron chi connectivity index (χ2n) is 0.0833. The van der Waals surface area contributed by atoms with E-state index in [9.17, 15) is 0 Å². The average Bonchev–Trinajstić information content (AvgIpc) is 0.918. The standard InChI is InChI=1S/CO2.2Ni.H2O/c2-1-3;;;/h;;;1H2. The summed E-state index contributed by atoms with van der Waals surface area (Å²) in [6.45, 7) is 0. The topological polar surface area (TPSA) is 65.6 Å². The molecule has 0 saturated heterocycles. The number of carbonyl (C=O) groups excluding carboxylic acids is 2. The molecule has 0 fully saturated rings. The Balaban J connectivity index is -0.00000000667. The van der Waals surface area contributed by atoms with Crippen LogP contribution in [0.3, 0.4) is 0 Å². The Morgan fingerprint density at radius 2 is 1.00 bits per heavy atom. The van der Waals surface area contributed by atoms with Gasteiger partial charge in [0.2, 0.25) is 0 Å². The first kappa shape index (κ1) is 33.2. The van der Waals surface area contributed by atoms with Crippen LogP contribution >= 0.6 is 0 Å². The van der Waals surface area contributed by atoms with Crippen LogP contribution in [0.1, 0.15) is 0 Å². The van der Waals surface area contributed by atoms with Crippen molar-refractivity contribution < 1.29 is 48.0 Å². The van der Waals surface area contributed by atoms with Crippen LogP contribution in [0.5, 0.6) is 0 Å². The van der Waals surface area contributed by atoms with Gasteiger partial charge in [-0.25, -0.2) is 0 Å². The monoisotopic (exact) mass is 178 g/mol. The van der Waals surface area contributed by atoms with E-state index in [2.05, 4.69) is 0 Å². The van der Waals surface area contributed by atoms with Gasteiger partial charge >= 0.3 is 6.15 Å². The summed E-state index contributed by atoms with van der Waals surface area (Å²) >= 11 is 0. The number of rotatable bonds is 0. The minimum atomic E-state index is 0. The van der Waals surface area contributed by atoms with E-state index < -0.39 is 0 Å². The fourth-order valence-electron chi connectivity index (χ4n) is 0. The zero-order chi connectivity index (χ0) is 2.71. The maximum absolute atomic E-state index is 8.12. The predicted molar refractivity (Wildman–Crippen MR) is 8.62 cm³/mol. The average molecular weight is 179 g/mol. The molecule has 0 aromatic rings. The maximum Gasteiger partial charge on any atom is 0.373 e. The van der Waals surface area contributed by atoms with Crippen LogP contribution in [0.2, 0.25) is 0 Å². The smallest absolute Gasteiger partial charge is 0.373 e. The van der Waals surface area contributed by atoms with E-state index in [0.717, 1.165) is 0 Å². The quantitative estimate of drug-likeness (QED) is 0.429. The molecule has 0 spiro atoms. The molecule has 6 heavy (non-hydrogen) atoms. The third-order valence-corrected chi connectivity index (χ3v) is 0. The molecule has 0 aliphatic carbocycles. The van der Waals surface area contributed by atoms with E-state index >= 15 is 0 Å². The minimum Gasteiger partial charge on any atom is -0.412 e. The zero-order valence-corrected chi connectivity index (χ0v) is 4.42. The second kappa shape index (κ2) is 56.6. The number of hydrogen-bond donors (Lipinski definition) is 0. The fraction of sp³-hybridized carbons (Fsp3) is 0. The first-order valence-electron chi connectivity index (χ1n) is 0.408. The molecule has 0 aliphatic heterocycles. The van der Waals surface area contributed by atoms with Crippen LogP contribution in [0.15, 0.2) is 0 Å². The van der Waals surface area contributed by atoms with Gasteiger partial charge in [0.1, 0.15) is 0 Å². The van der Waals surface area contributed by atoms with Crippen LogP contribution in [0.25, 0.3) is 0 Å². The Labute approximate surface area is 54.6 Å². The van der Waals surface area contributed by atoms with Gasteiger partial charge in [0, 0.05) is 33.0 Å². The molecule has 0 aromatic heterocycles. The summed E-state index contributed by atoms with van der Waals surface area (Å²) < 4.78 is 0. The number of hydrogen-bond acceptors (Lipinski definition) is 2. The molecular weight excluding hydrogens is 177 g/mol. The molecule has 0 rings (SSSR count). The summed E-state index contributed by atoms with van der Waals surface area (Å²) in [6.07, 6.45) is 0.250. The molecule has 0 saturated carbocycles. The van der Waals surface area contributed by atoms with E-state index in [4.69, 9.17) is 9.59 Å². The van der Waals surface area contributed by atoms with Crippen LogP contribution in [-0.4, -0.2) is 11.6 Å². The molecule has 0 heterocycles. The largest absolute Gasteiger partial charge is 0.412 e. The molecule has 5 heteroatoms. The van der Waals surface area contributed by atoms with Gasteiger partial charge in [-0.2, -0.15) is 9.59 Å². The van der Waals surface area contributed by atoms with E-state index in [-0.39, 0.29) is 44.6 Å². The Bertz CT molecular complexity index is 29.8. The van der Waals surface area contributed by atoms with Gasteiger partial charge in [0.15, 0.2) is 0 Å². The van der Waals surface area contributed by atoms with Crippen LogP contribution in [-0.2, 0) is 42.6 Å². The van der Waals surface area contributed by atoms with Crippen molar-refractivity contribution in [2.75, 3.05) is 0 Å². The van der Waals surface area contributed by atoms with E-state index in [1.54, 1.807) is 0 Å². The summed E-state index contributed by atoms with van der Waals surface area (Å²) in [7, 11) is 0. The fourth-order valence-corrected chi connectivity index (χ4v) is 0. The van der Waals surface area contributed by atoms with Gasteiger partial charge < -0.3 is 5.48 Å². The van der Waals surface area contributed by atoms with Crippen molar-refractivity contribution in [1.82, 2.24) is 0 Å². The summed E-state index contributed by atoms with van der Waals surface area (Å²) in [5.41, 5.74) is 0. The molecule has 0 bridgehead atoms. The minimum absolute atomic E-state index is 0. The molecular formula is CH2Ni2O3. The molecule has 0 aliphatic rings. The Kier molecular flexibility index (Phi) is 313. The summed E-state index contributed by atoms with van der Waals surface area (Å²) in [5, 5.41) is 0. The SMILES string of the molecule is O.O=C=O.[Ni].[Ni]. The Morgan fingerprint density at radius 1 is 1.00 bits per heavy atom. The first-order valence-corrected chi connectivity index (χ1v) is 0.408. The Morgan fingerprint density at radius 3 is 1.00 bits per heavy atom. The third-order valence-electron chi connectivity index (χ3n) is 0. The molecule has 44 valence electrons. The van der Waals surface area contributed by atoms with Crippen LogP contribution in [0, 0.1) is 0 Å². The molecule has 0 amide bonds. The normalized spacial score (nSPS) is 1.33. The second-order valence-corrected chi connectivity index (χ2v) is 0.0833. The maximum atomic E-state index is 8.12. The molecule has 3 nitrogen and oxygen atoms in total. The van der Waals surface area contributed by atoms with Crippen molar-refractivity contribution in [3.63, 3.8) is 0 Å². The first-order chi connectivity index (χ1) is 1.41. The molecule has 0 unspecified atom stereocenters. The van der Waals surface area contributed by atoms with Crippen molar-refractivity contribution in [3.05, 3.63) is 0 Å². The van der Waals surface area contributed by atoms with Crippen molar-refractivity contribution >= 4 is 6.15 Å². The van der Waals surface area contributed by atoms with Crippen LogP contribution < -0.4 is 0 Å². The summed E-state index contributed by atoms with van der Waals surface area (Å²) in [6, 6.07) is 0. The molecule has 0 atom stereocenters. The third kappa shape index (κ3) is 448. The predicted octanol–water partition coefficient (Wildman–Crippen LogP) is -1.41. The molecule has 2 N–H and O–H groups in total. The van der Waals surface area contributed by atoms with Crippen molar-refractivity contribution in [3.8, 4) is 0 Å². The van der Waals surface area contributed by atoms with Crippen molar-refractivity contribution in [2.24, 2.45) is 0 Å². The van der Waals surface area contributed by atoms with Crippen LogP contribution in [0.4, 0.5) is 0 Å². The van der Waals surface area contributed by atoms with E-state index in [1.165, 1.54) is 0 Å². The summed E-state index contributed by atoms with van der Waals surface area (Å²) in [5.74, 6) is 0. The van der Waals surface area contributed by atoms with Gasteiger partial charge in [-0.15, -0.1) is 0 Å². The van der Waals surface area contributed by atoms with Crippen molar-refractivity contribution in [2.45, 2.75) is 0 Å². The zero-order valence-electron chi connectivity index (χ0n) is 2.45. The van der Waals surface area contributed by atoms with Gasteiger partial charge in [-0.3, -0.25) is 0 Å². The summed E-state index contributed by atoms with van der Waals surface area (Å²) in [4.78, 5) is 16.2. The van der Waals surface area contributed by atoms with Gasteiger partial charge in [0.05, 0.1) is 0 Å². The van der Waals surface area contributed by atoms with Gasteiger partial charge in [-0.05, 0) is 0 Å². The Hall–Kier alpha value is 0.327. The van der Waals surface area contributed by atoms with Crippen molar-refractivity contribution in [1.29, 1.82) is 0 Å². The molecule has 0 radical (unpaired) electrons. The van der Waals surface area contributed by atoms with Gasteiger partial charge in [-0.1, -0.05) is 0 Å². The molecule has 0 aromatic carbocycles.